The molecule has 3 N–H and O–H groups in total. The molecule has 2 heterocycles. The van der Waals surface area contributed by atoms with E-state index < -0.39 is 30.1 Å². The molecular weight excluding hydrogens is 328 g/mol. The van der Waals surface area contributed by atoms with Crippen molar-refractivity contribution in [2.45, 2.75) is 88.9 Å². The second-order valence-electron chi connectivity index (χ2n) is 8.60. The van der Waals surface area contributed by atoms with Crippen molar-refractivity contribution in [3.63, 3.8) is 0 Å². The van der Waals surface area contributed by atoms with E-state index >= 15 is 0 Å². The Bertz CT molecular complexity index is 552. The van der Waals surface area contributed by atoms with Gasteiger partial charge in [-0.05, 0) is 38.5 Å². The number of rotatable bonds is 3. The molecule has 4 aliphatic rings. The van der Waals surface area contributed by atoms with Gasteiger partial charge < -0.3 is 24.8 Å². The molecule has 0 aromatic carbocycles. The van der Waals surface area contributed by atoms with Crippen LogP contribution in [-0.2, 0) is 19.0 Å². The molecule has 0 aromatic rings. The van der Waals surface area contributed by atoms with Crippen LogP contribution in [0.5, 0.6) is 0 Å². The third kappa shape index (κ3) is 2.80. The highest BCUT2D eigenvalue weighted by Gasteiger charge is 2.75. The van der Waals surface area contributed by atoms with Crippen LogP contribution in [0.15, 0.2) is 0 Å². The number of cyclic esters (lactones) is 1. The Morgan fingerprint density at radius 3 is 2.36 bits per heavy atom. The van der Waals surface area contributed by atoms with Gasteiger partial charge in [-0.25, -0.2) is 0 Å². The molecule has 0 aromatic heterocycles. The fourth-order valence-corrected chi connectivity index (χ4v) is 5.63. The molecule has 4 unspecified atom stereocenters. The van der Waals surface area contributed by atoms with Crippen molar-refractivity contribution in [1.29, 1.82) is 0 Å². The summed E-state index contributed by atoms with van der Waals surface area (Å²) in [7, 11) is 0. The fraction of sp³-hybridized carbons (Fsp3) is 0.944. The zero-order valence-electron chi connectivity index (χ0n) is 14.8. The highest BCUT2D eigenvalue weighted by molar-refractivity contribution is 5.71. The van der Waals surface area contributed by atoms with E-state index in [2.05, 4.69) is 0 Å². The smallest absolute Gasteiger partial charge is 0.308 e. The van der Waals surface area contributed by atoms with Crippen LogP contribution in [-0.4, -0.2) is 51.4 Å². The average Bonchev–Trinajstić information content (AvgIpc) is 2.80. The molecular formula is C18H28O7. The summed E-state index contributed by atoms with van der Waals surface area (Å²) in [5.41, 5.74) is -0.197. The number of aliphatic hydroxyl groups is 3. The highest BCUT2D eigenvalue weighted by atomic mass is 16.9. The van der Waals surface area contributed by atoms with E-state index in [0.29, 0.717) is 12.8 Å². The van der Waals surface area contributed by atoms with Gasteiger partial charge in [0.1, 0.15) is 12.2 Å². The van der Waals surface area contributed by atoms with Crippen LogP contribution in [0.25, 0.3) is 0 Å². The van der Waals surface area contributed by atoms with Crippen molar-refractivity contribution in [2.24, 2.45) is 17.3 Å². The summed E-state index contributed by atoms with van der Waals surface area (Å²) < 4.78 is 16.4. The van der Waals surface area contributed by atoms with Gasteiger partial charge in [-0.3, -0.25) is 9.53 Å². The summed E-state index contributed by atoms with van der Waals surface area (Å²) in [4.78, 5) is 11.4. The number of hydrogen-bond donors (Lipinski definition) is 3. The Labute approximate surface area is 147 Å². The largest absolute Gasteiger partial charge is 0.460 e. The van der Waals surface area contributed by atoms with Crippen molar-refractivity contribution in [1.82, 2.24) is 0 Å². The van der Waals surface area contributed by atoms with Crippen molar-refractivity contribution in [3.8, 4) is 0 Å². The Balaban J connectivity index is 1.60. The second-order valence-corrected chi connectivity index (χ2v) is 8.60. The molecule has 0 bridgehead atoms. The first-order valence-corrected chi connectivity index (χ1v) is 9.37. The number of esters is 1. The Morgan fingerprint density at radius 2 is 1.84 bits per heavy atom. The standard InChI is InChI=1S/C18H28O7/c1-16(2)24-15(18(21,22)25-16)13-12(17(13)8-4-3-5-9-17)14(20)10-6-7-11(19)23-10/h10,12-15,20-22H,3-9H2,1-2H3/t10-,12?,13?,14?,15?/m1/s1. The van der Waals surface area contributed by atoms with Gasteiger partial charge in [-0.1, -0.05) is 19.3 Å². The first-order chi connectivity index (χ1) is 11.7. The van der Waals surface area contributed by atoms with Gasteiger partial charge in [-0.15, -0.1) is 0 Å². The minimum Gasteiger partial charge on any atom is -0.460 e. The molecule has 0 radical (unpaired) electrons. The van der Waals surface area contributed by atoms with E-state index in [1.165, 1.54) is 0 Å². The summed E-state index contributed by atoms with van der Waals surface area (Å²) in [6.07, 6.45) is 3.66. The van der Waals surface area contributed by atoms with Crippen LogP contribution >= 0.6 is 0 Å². The molecule has 2 saturated carbocycles. The summed E-state index contributed by atoms with van der Waals surface area (Å²) in [6, 6.07) is 0. The number of carbonyl (C=O) groups is 1. The monoisotopic (exact) mass is 356 g/mol. The predicted octanol–water partition coefficient (Wildman–Crippen LogP) is 1.04. The van der Waals surface area contributed by atoms with Gasteiger partial charge in [0, 0.05) is 18.3 Å². The lowest BCUT2D eigenvalue weighted by molar-refractivity contribution is -0.346. The van der Waals surface area contributed by atoms with Crippen LogP contribution < -0.4 is 0 Å². The van der Waals surface area contributed by atoms with Crippen molar-refractivity contribution in [3.05, 3.63) is 0 Å². The van der Waals surface area contributed by atoms with E-state index in [1.54, 1.807) is 13.8 Å². The Morgan fingerprint density at radius 1 is 1.16 bits per heavy atom. The van der Waals surface area contributed by atoms with Gasteiger partial charge >= 0.3 is 11.9 Å². The van der Waals surface area contributed by atoms with Crippen LogP contribution in [0.4, 0.5) is 0 Å². The molecule has 5 atom stereocenters. The second kappa shape index (κ2) is 5.63. The van der Waals surface area contributed by atoms with E-state index in [-0.39, 0.29) is 23.2 Å². The molecule has 4 fully saturated rings. The van der Waals surface area contributed by atoms with E-state index in [9.17, 15) is 20.1 Å². The quantitative estimate of drug-likeness (QED) is 0.512. The van der Waals surface area contributed by atoms with Gasteiger partial charge in [0.05, 0.1) is 6.10 Å². The van der Waals surface area contributed by atoms with Crippen molar-refractivity contribution < 1.29 is 34.3 Å². The minimum atomic E-state index is -2.38. The number of hydrogen-bond acceptors (Lipinski definition) is 7. The first-order valence-electron chi connectivity index (χ1n) is 9.37. The molecule has 142 valence electrons. The Hall–Kier alpha value is -0.730. The first kappa shape index (κ1) is 17.7. The topological polar surface area (TPSA) is 105 Å². The highest BCUT2D eigenvalue weighted by Crippen LogP contribution is 2.71. The number of carbonyl (C=O) groups excluding carboxylic acids is 1. The van der Waals surface area contributed by atoms with Crippen molar-refractivity contribution >= 4 is 5.97 Å². The SMILES string of the molecule is CC1(C)OC(C2C(C(O)[C@H]3CCC(=O)O3)C23CCCCC3)C(O)(O)O1. The molecule has 0 amide bonds. The normalized spacial score (nSPS) is 42.4. The number of ether oxygens (including phenoxy) is 3. The Kier molecular flexibility index (Phi) is 3.98. The minimum absolute atomic E-state index is 0.176. The van der Waals surface area contributed by atoms with Gasteiger partial charge in [-0.2, -0.15) is 0 Å². The predicted molar refractivity (Wildman–Crippen MR) is 84.8 cm³/mol. The third-order valence-corrected chi connectivity index (χ3v) is 6.56. The van der Waals surface area contributed by atoms with Gasteiger partial charge in [0.2, 0.25) is 0 Å². The maximum Gasteiger partial charge on any atom is 0.308 e. The van der Waals surface area contributed by atoms with Gasteiger partial charge in [0.15, 0.2) is 5.79 Å². The molecule has 4 rings (SSSR count). The zero-order chi connectivity index (χ0) is 18.0. The zero-order valence-corrected chi connectivity index (χ0v) is 14.8. The van der Waals surface area contributed by atoms with Crippen molar-refractivity contribution in [2.75, 3.05) is 0 Å². The summed E-state index contributed by atoms with van der Waals surface area (Å²) in [5.74, 6) is -4.15. The molecule has 2 aliphatic heterocycles. The van der Waals surface area contributed by atoms with Crippen LogP contribution in [0.2, 0.25) is 0 Å². The maximum atomic E-state index is 11.4. The fourth-order valence-electron chi connectivity index (χ4n) is 5.63. The lowest BCUT2D eigenvalue weighted by atomic mass is 9.81. The van der Waals surface area contributed by atoms with E-state index in [4.69, 9.17) is 14.2 Å². The average molecular weight is 356 g/mol. The van der Waals surface area contributed by atoms with Gasteiger partial charge in [0.25, 0.3) is 0 Å². The molecule has 2 aliphatic carbocycles. The van der Waals surface area contributed by atoms with E-state index in [0.717, 1.165) is 32.1 Å². The lowest BCUT2D eigenvalue weighted by Gasteiger charge is -2.27. The van der Waals surface area contributed by atoms with Crippen LogP contribution in [0.1, 0.15) is 58.8 Å². The molecule has 2 saturated heterocycles. The molecule has 7 nitrogen and oxygen atoms in total. The molecule has 25 heavy (non-hydrogen) atoms. The third-order valence-electron chi connectivity index (χ3n) is 6.56. The van der Waals surface area contributed by atoms with Crippen LogP contribution in [0, 0.1) is 17.3 Å². The summed E-state index contributed by atoms with van der Waals surface area (Å²) in [6.45, 7) is 3.29. The number of aliphatic hydroxyl groups excluding tert-OH is 1. The lowest BCUT2D eigenvalue weighted by Crippen LogP contribution is -2.43. The molecule has 1 spiro atoms. The van der Waals surface area contributed by atoms with Crippen LogP contribution in [0.3, 0.4) is 0 Å². The maximum absolute atomic E-state index is 11.4. The summed E-state index contributed by atoms with van der Waals surface area (Å²) in [5, 5.41) is 31.6. The summed E-state index contributed by atoms with van der Waals surface area (Å²) >= 11 is 0. The molecule has 7 heteroatoms. The van der Waals surface area contributed by atoms with E-state index in [1.807, 2.05) is 0 Å².